The van der Waals surface area contributed by atoms with Gasteiger partial charge >= 0.3 is 0 Å². The molecule has 2 aromatic carbocycles. The molecule has 1 amide bonds. The fraction of sp³-hybridized carbons (Fsp3) is 0.409. The number of likely N-dealkylation sites (tertiary alicyclic amines) is 1. The maximum Gasteiger partial charge on any atom is 0.257 e. The number of ether oxygens (including phenoxy) is 2. The summed E-state index contributed by atoms with van der Waals surface area (Å²) in [4.78, 5) is 14.7. The Hall–Kier alpha value is -2.58. The van der Waals surface area contributed by atoms with Crippen LogP contribution in [0, 0.1) is 13.8 Å². The minimum Gasteiger partial charge on any atom is -0.496 e. The Balaban J connectivity index is 1.69. The smallest absolute Gasteiger partial charge is 0.257 e. The van der Waals surface area contributed by atoms with Gasteiger partial charge in [0.25, 0.3) is 5.91 Å². The third-order valence-electron chi connectivity index (χ3n) is 5.51. The first-order chi connectivity index (χ1) is 14.3. The zero-order valence-electron chi connectivity index (χ0n) is 17.8. The van der Waals surface area contributed by atoms with E-state index in [2.05, 4.69) is 4.72 Å². The molecule has 2 aromatic rings. The predicted molar refractivity (Wildman–Crippen MR) is 115 cm³/mol. The van der Waals surface area contributed by atoms with Crippen molar-refractivity contribution in [1.29, 1.82) is 0 Å². The van der Waals surface area contributed by atoms with Crippen molar-refractivity contribution in [3.05, 3.63) is 53.1 Å². The number of amides is 1. The van der Waals surface area contributed by atoms with E-state index in [1.54, 1.807) is 35.2 Å². The summed E-state index contributed by atoms with van der Waals surface area (Å²) in [5.74, 6) is 0.756. The lowest BCUT2D eigenvalue weighted by Gasteiger charge is -2.32. The molecule has 1 heterocycles. The van der Waals surface area contributed by atoms with Gasteiger partial charge in [-0.05, 0) is 62.1 Å². The monoisotopic (exact) mass is 432 g/mol. The first-order valence-electron chi connectivity index (χ1n) is 9.86. The maximum atomic E-state index is 13.0. The van der Waals surface area contributed by atoms with E-state index in [0.717, 1.165) is 11.1 Å². The zero-order chi connectivity index (χ0) is 21.9. The third kappa shape index (κ3) is 4.60. The highest BCUT2D eigenvalue weighted by molar-refractivity contribution is 7.89. The Morgan fingerprint density at radius 1 is 1.00 bits per heavy atom. The van der Waals surface area contributed by atoms with E-state index in [-0.39, 0.29) is 16.8 Å². The first kappa shape index (κ1) is 22.1. The van der Waals surface area contributed by atoms with Gasteiger partial charge in [-0.15, -0.1) is 0 Å². The minimum absolute atomic E-state index is 0.107. The number of hydrogen-bond donors (Lipinski definition) is 1. The van der Waals surface area contributed by atoms with Crippen LogP contribution in [0.5, 0.6) is 11.5 Å². The van der Waals surface area contributed by atoms with Crippen LogP contribution in [-0.4, -0.2) is 52.6 Å². The molecule has 1 N–H and O–H groups in total. The topological polar surface area (TPSA) is 84.9 Å². The van der Waals surface area contributed by atoms with Crippen molar-refractivity contribution in [2.45, 2.75) is 37.6 Å². The molecule has 0 aromatic heterocycles. The number of nitrogens with zero attached hydrogens (tertiary/aromatic N) is 1. The predicted octanol–water partition coefficient (Wildman–Crippen LogP) is 2.90. The van der Waals surface area contributed by atoms with Crippen LogP contribution >= 0.6 is 0 Å². The van der Waals surface area contributed by atoms with Crippen LogP contribution in [0.15, 0.2) is 41.3 Å². The number of para-hydroxylation sites is 1. The molecular weight excluding hydrogens is 404 g/mol. The van der Waals surface area contributed by atoms with Crippen molar-refractivity contribution < 1.29 is 22.7 Å². The van der Waals surface area contributed by atoms with E-state index >= 15 is 0 Å². The zero-order valence-corrected chi connectivity index (χ0v) is 18.6. The average Bonchev–Trinajstić information content (AvgIpc) is 2.75. The van der Waals surface area contributed by atoms with E-state index in [4.69, 9.17) is 9.47 Å². The molecule has 7 nitrogen and oxygen atoms in total. The van der Waals surface area contributed by atoms with E-state index in [1.807, 2.05) is 19.9 Å². The molecule has 3 rings (SSSR count). The maximum absolute atomic E-state index is 13.0. The number of nitrogens with one attached hydrogen (secondary N) is 1. The van der Waals surface area contributed by atoms with Crippen LogP contribution < -0.4 is 14.2 Å². The minimum atomic E-state index is -3.74. The van der Waals surface area contributed by atoms with Gasteiger partial charge in [0.15, 0.2) is 0 Å². The highest BCUT2D eigenvalue weighted by Crippen LogP contribution is 2.28. The largest absolute Gasteiger partial charge is 0.496 e. The molecule has 1 fully saturated rings. The third-order valence-corrected chi connectivity index (χ3v) is 7.05. The fourth-order valence-corrected chi connectivity index (χ4v) is 5.15. The van der Waals surface area contributed by atoms with Crippen LogP contribution in [0.1, 0.15) is 34.3 Å². The van der Waals surface area contributed by atoms with Gasteiger partial charge < -0.3 is 14.4 Å². The standard InChI is InChI=1S/C22H28N2O5S/c1-15-13-20(29-4)21(14-16(15)2)30(26,27)23-17-9-11-24(12-10-17)22(25)18-7-5-6-8-19(18)28-3/h5-8,13-14,17,23H,9-12H2,1-4H3. The summed E-state index contributed by atoms with van der Waals surface area (Å²) < 4.78 is 39.3. The number of hydrogen-bond acceptors (Lipinski definition) is 5. The molecule has 0 spiro atoms. The average molecular weight is 433 g/mol. The van der Waals surface area contributed by atoms with Crippen molar-refractivity contribution in [2.75, 3.05) is 27.3 Å². The van der Waals surface area contributed by atoms with E-state index in [0.29, 0.717) is 43.0 Å². The molecule has 1 aliphatic heterocycles. The van der Waals surface area contributed by atoms with E-state index in [9.17, 15) is 13.2 Å². The van der Waals surface area contributed by atoms with Crippen LogP contribution in [0.2, 0.25) is 0 Å². The lowest BCUT2D eigenvalue weighted by Crippen LogP contribution is -2.46. The molecule has 0 bridgehead atoms. The van der Waals surface area contributed by atoms with E-state index < -0.39 is 10.0 Å². The van der Waals surface area contributed by atoms with Crippen molar-refractivity contribution >= 4 is 15.9 Å². The second-order valence-electron chi connectivity index (χ2n) is 7.48. The number of aryl methyl sites for hydroxylation is 2. The number of carbonyl (C=O) groups excluding carboxylic acids is 1. The Morgan fingerprint density at radius 3 is 2.23 bits per heavy atom. The quantitative estimate of drug-likeness (QED) is 0.759. The normalized spacial score (nSPS) is 15.1. The SMILES string of the molecule is COc1ccccc1C(=O)N1CCC(NS(=O)(=O)c2cc(C)c(C)cc2OC)CC1. The summed E-state index contributed by atoms with van der Waals surface area (Å²) in [6.45, 7) is 4.72. The van der Waals surface area contributed by atoms with Gasteiger partial charge in [0, 0.05) is 19.1 Å². The molecule has 0 atom stereocenters. The van der Waals surface area contributed by atoms with Crippen molar-refractivity contribution in [1.82, 2.24) is 9.62 Å². The number of rotatable bonds is 6. The number of benzene rings is 2. The van der Waals surface area contributed by atoms with Crippen LogP contribution in [-0.2, 0) is 10.0 Å². The van der Waals surface area contributed by atoms with Crippen LogP contribution in [0.4, 0.5) is 0 Å². The highest BCUT2D eigenvalue weighted by Gasteiger charge is 2.29. The molecule has 0 saturated carbocycles. The lowest BCUT2D eigenvalue weighted by atomic mass is 10.0. The van der Waals surface area contributed by atoms with Crippen LogP contribution in [0.25, 0.3) is 0 Å². The molecule has 0 aliphatic carbocycles. The van der Waals surface area contributed by atoms with Gasteiger partial charge in [-0.2, -0.15) is 0 Å². The van der Waals surface area contributed by atoms with Gasteiger partial charge in [-0.25, -0.2) is 13.1 Å². The van der Waals surface area contributed by atoms with Crippen LogP contribution in [0.3, 0.4) is 0 Å². The summed E-state index contributed by atoms with van der Waals surface area (Å²) in [5, 5.41) is 0. The molecule has 0 unspecified atom stereocenters. The van der Waals surface area contributed by atoms with Crippen molar-refractivity contribution in [3.8, 4) is 11.5 Å². The summed E-state index contributed by atoms with van der Waals surface area (Å²) >= 11 is 0. The molecule has 162 valence electrons. The van der Waals surface area contributed by atoms with Gasteiger partial charge in [0.2, 0.25) is 10.0 Å². The van der Waals surface area contributed by atoms with E-state index in [1.165, 1.54) is 14.2 Å². The van der Waals surface area contributed by atoms with Gasteiger partial charge in [0.1, 0.15) is 16.4 Å². The molecule has 8 heteroatoms. The van der Waals surface area contributed by atoms with Gasteiger partial charge in [-0.1, -0.05) is 12.1 Å². The number of methoxy groups -OCH3 is 2. The second-order valence-corrected chi connectivity index (χ2v) is 9.16. The summed E-state index contributed by atoms with van der Waals surface area (Å²) in [5.41, 5.74) is 2.36. The van der Waals surface area contributed by atoms with Crippen molar-refractivity contribution in [3.63, 3.8) is 0 Å². The van der Waals surface area contributed by atoms with Gasteiger partial charge in [-0.3, -0.25) is 4.79 Å². The number of sulfonamides is 1. The molecule has 30 heavy (non-hydrogen) atoms. The first-order valence-corrected chi connectivity index (χ1v) is 11.3. The summed E-state index contributed by atoms with van der Waals surface area (Å²) in [6, 6.07) is 10.2. The number of carbonyl (C=O) groups is 1. The summed E-state index contributed by atoms with van der Waals surface area (Å²) in [6.07, 6.45) is 1.07. The Bertz CT molecular complexity index is 1030. The Labute approximate surface area is 178 Å². The van der Waals surface area contributed by atoms with Crippen molar-refractivity contribution in [2.24, 2.45) is 0 Å². The Morgan fingerprint density at radius 2 is 1.60 bits per heavy atom. The molecule has 0 radical (unpaired) electrons. The molecular formula is C22H28N2O5S. The number of piperidine rings is 1. The summed E-state index contributed by atoms with van der Waals surface area (Å²) in [7, 11) is -0.742. The lowest BCUT2D eigenvalue weighted by molar-refractivity contribution is 0.0708. The molecule has 1 saturated heterocycles. The molecule has 1 aliphatic rings. The highest BCUT2D eigenvalue weighted by atomic mass is 32.2. The van der Waals surface area contributed by atoms with Gasteiger partial charge in [0.05, 0.1) is 19.8 Å². The second kappa shape index (κ2) is 9.06. The fourth-order valence-electron chi connectivity index (χ4n) is 3.61. The Kier molecular flexibility index (Phi) is 6.67.